The SMILES string of the molecule is Cn1cc(-c2ccc(N(C(=O)NCc3ccccc3)C3CCC(Nc4ncc(C#N)c(NC(C5CC5)C5CC5)n4)CC3)nc2)cn1. The molecule has 3 N–H and O–H groups in total. The first-order chi connectivity index (χ1) is 22.5. The van der Waals surface area contributed by atoms with Crippen molar-refractivity contribution in [2.45, 2.75) is 76.0 Å². The Morgan fingerprint density at radius 3 is 2.35 bits per heavy atom. The van der Waals surface area contributed by atoms with Gasteiger partial charge in [-0.25, -0.2) is 14.8 Å². The number of benzene rings is 1. The van der Waals surface area contributed by atoms with Crippen LogP contribution in [0.25, 0.3) is 11.1 Å². The molecule has 2 amide bonds. The fourth-order valence-electron chi connectivity index (χ4n) is 6.58. The third kappa shape index (κ3) is 6.96. The first-order valence-electron chi connectivity index (χ1n) is 16.4. The second-order valence-corrected chi connectivity index (χ2v) is 12.9. The molecule has 11 nitrogen and oxygen atoms in total. The van der Waals surface area contributed by atoms with E-state index in [0.717, 1.165) is 42.4 Å². The van der Waals surface area contributed by atoms with E-state index >= 15 is 0 Å². The number of hydrogen-bond acceptors (Lipinski definition) is 8. The van der Waals surface area contributed by atoms with Crippen molar-refractivity contribution < 1.29 is 4.79 Å². The van der Waals surface area contributed by atoms with Crippen molar-refractivity contribution >= 4 is 23.6 Å². The number of hydrogen-bond donors (Lipinski definition) is 3. The Hall–Kier alpha value is -4.98. The summed E-state index contributed by atoms with van der Waals surface area (Å²) in [6.45, 7) is 0.440. The van der Waals surface area contributed by atoms with Gasteiger partial charge in [-0.1, -0.05) is 30.3 Å². The summed E-state index contributed by atoms with van der Waals surface area (Å²) in [7, 11) is 1.89. The molecular formula is C35H40N10O. The number of pyridine rings is 1. The lowest BCUT2D eigenvalue weighted by molar-refractivity contribution is 0.240. The molecule has 3 saturated carbocycles. The maximum absolute atomic E-state index is 13.7. The lowest BCUT2D eigenvalue weighted by atomic mass is 9.90. The normalized spacial score (nSPS) is 19.3. The molecule has 0 aliphatic heterocycles. The molecule has 4 aromatic rings. The summed E-state index contributed by atoms with van der Waals surface area (Å²) in [6.07, 6.45) is 15.5. The molecule has 46 heavy (non-hydrogen) atoms. The highest BCUT2D eigenvalue weighted by Gasteiger charge is 2.42. The fraction of sp³-hybridized carbons (Fsp3) is 0.429. The minimum Gasteiger partial charge on any atom is -0.366 e. The summed E-state index contributed by atoms with van der Waals surface area (Å²) in [5.41, 5.74) is 3.46. The van der Waals surface area contributed by atoms with Gasteiger partial charge in [0, 0.05) is 55.2 Å². The van der Waals surface area contributed by atoms with Crippen LogP contribution in [0, 0.1) is 23.2 Å². The predicted molar refractivity (Wildman–Crippen MR) is 177 cm³/mol. The molecule has 3 heterocycles. The van der Waals surface area contributed by atoms with E-state index in [1.165, 1.54) is 25.7 Å². The molecule has 0 atom stereocenters. The van der Waals surface area contributed by atoms with Crippen LogP contribution in [0.2, 0.25) is 0 Å². The Morgan fingerprint density at radius 1 is 0.957 bits per heavy atom. The minimum atomic E-state index is -0.158. The second kappa shape index (κ2) is 13.2. The fourth-order valence-corrected chi connectivity index (χ4v) is 6.58. The summed E-state index contributed by atoms with van der Waals surface area (Å²) in [5, 5.41) is 24.2. The molecule has 0 bridgehead atoms. The highest BCUT2D eigenvalue weighted by Crippen LogP contribution is 2.46. The van der Waals surface area contributed by atoms with Gasteiger partial charge in [0.15, 0.2) is 0 Å². The summed E-state index contributed by atoms with van der Waals surface area (Å²) in [4.78, 5) is 29.5. The van der Waals surface area contributed by atoms with Gasteiger partial charge in [0.25, 0.3) is 0 Å². The van der Waals surface area contributed by atoms with Gasteiger partial charge < -0.3 is 16.0 Å². The highest BCUT2D eigenvalue weighted by molar-refractivity contribution is 5.91. The van der Waals surface area contributed by atoms with E-state index in [-0.39, 0.29) is 18.1 Å². The van der Waals surface area contributed by atoms with E-state index in [1.807, 2.05) is 73.0 Å². The Kier molecular flexibility index (Phi) is 8.51. The standard InChI is InChI=1S/C35H40N10O/c1-44-22-28(21-40-44)26-11-16-31(37-19-26)45(35(46)39-18-23-5-3-2-4-6-23)30-14-12-29(13-15-30)41-34-38-20-27(17-36)33(43-34)42-32(24-7-8-24)25-9-10-25/h2-6,11,16,19-22,24-25,29-30,32H,7-10,12-15,18H2,1H3,(H,39,46)(H2,38,41,42,43). The number of nitrogens with zero attached hydrogens (tertiary/aromatic N) is 7. The number of urea groups is 1. The molecule has 3 aromatic heterocycles. The van der Waals surface area contributed by atoms with E-state index in [0.29, 0.717) is 47.6 Å². The van der Waals surface area contributed by atoms with Crippen LogP contribution in [-0.4, -0.2) is 48.9 Å². The number of carbonyl (C=O) groups excluding carboxylic acids is 1. The van der Waals surface area contributed by atoms with Gasteiger partial charge in [-0.3, -0.25) is 9.58 Å². The van der Waals surface area contributed by atoms with Crippen LogP contribution in [-0.2, 0) is 13.6 Å². The third-order valence-corrected chi connectivity index (χ3v) is 9.41. The number of nitriles is 1. The summed E-state index contributed by atoms with van der Waals surface area (Å²) >= 11 is 0. The van der Waals surface area contributed by atoms with E-state index in [2.05, 4.69) is 32.1 Å². The summed E-state index contributed by atoms with van der Waals surface area (Å²) in [5.74, 6) is 3.19. The van der Waals surface area contributed by atoms with Gasteiger partial charge >= 0.3 is 6.03 Å². The molecule has 0 unspecified atom stereocenters. The number of nitrogens with one attached hydrogen (secondary N) is 3. The molecule has 3 fully saturated rings. The first kappa shape index (κ1) is 29.7. The van der Waals surface area contributed by atoms with Crippen LogP contribution in [0.3, 0.4) is 0 Å². The zero-order valence-corrected chi connectivity index (χ0v) is 26.1. The second-order valence-electron chi connectivity index (χ2n) is 12.9. The maximum atomic E-state index is 13.7. The van der Waals surface area contributed by atoms with Crippen molar-refractivity contribution in [2.75, 3.05) is 15.5 Å². The van der Waals surface area contributed by atoms with Crippen molar-refractivity contribution in [3.05, 3.63) is 78.4 Å². The first-order valence-corrected chi connectivity index (χ1v) is 16.4. The minimum absolute atomic E-state index is 0.0116. The van der Waals surface area contributed by atoms with Gasteiger partial charge in [0.1, 0.15) is 23.3 Å². The van der Waals surface area contributed by atoms with E-state index in [4.69, 9.17) is 9.97 Å². The number of carbonyl (C=O) groups is 1. The monoisotopic (exact) mass is 616 g/mol. The van der Waals surface area contributed by atoms with E-state index < -0.39 is 0 Å². The Balaban J connectivity index is 1.03. The van der Waals surface area contributed by atoms with Crippen LogP contribution in [0.5, 0.6) is 0 Å². The molecule has 7 rings (SSSR count). The van der Waals surface area contributed by atoms with Crippen LogP contribution in [0.15, 0.2) is 67.3 Å². The summed E-state index contributed by atoms with van der Waals surface area (Å²) in [6, 6.07) is 16.5. The van der Waals surface area contributed by atoms with Gasteiger partial charge in [-0.2, -0.15) is 15.3 Å². The van der Waals surface area contributed by atoms with Crippen molar-refractivity contribution in [2.24, 2.45) is 18.9 Å². The molecular weight excluding hydrogens is 576 g/mol. The van der Waals surface area contributed by atoms with Crippen molar-refractivity contribution in [3.63, 3.8) is 0 Å². The lowest BCUT2D eigenvalue weighted by Crippen LogP contribution is -2.49. The molecule has 0 saturated heterocycles. The number of aromatic nitrogens is 5. The average molecular weight is 617 g/mol. The Labute approximate surface area is 269 Å². The number of anilines is 3. The van der Waals surface area contributed by atoms with Crippen LogP contribution >= 0.6 is 0 Å². The van der Waals surface area contributed by atoms with Gasteiger partial charge in [0.05, 0.1) is 12.4 Å². The molecule has 3 aliphatic rings. The molecule has 236 valence electrons. The topological polar surface area (TPSA) is 137 Å². The number of aryl methyl sites for hydroxylation is 1. The average Bonchev–Trinajstić information content (AvgIpc) is 4.03. The van der Waals surface area contributed by atoms with Crippen LogP contribution < -0.4 is 20.9 Å². The summed E-state index contributed by atoms with van der Waals surface area (Å²) < 4.78 is 1.76. The predicted octanol–water partition coefficient (Wildman–Crippen LogP) is 5.88. The molecule has 11 heteroatoms. The number of amides is 2. The molecule has 3 aliphatic carbocycles. The zero-order chi connectivity index (χ0) is 31.5. The van der Waals surface area contributed by atoms with Crippen molar-refractivity contribution in [3.8, 4) is 17.2 Å². The van der Waals surface area contributed by atoms with E-state index in [1.54, 1.807) is 10.9 Å². The van der Waals surface area contributed by atoms with Crippen molar-refractivity contribution in [1.29, 1.82) is 5.26 Å². The zero-order valence-electron chi connectivity index (χ0n) is 26.1. The van der Waals surface area contributed by atoms with Crippen molar-refractivity contribution in [1.82, 2.24) is 30.0 Å². The lowest BCUT2D eigenvalue weighted by Gasteiger charge is -2.36. The quantitative estimate of drug-likeness (QED) is 0.190. The van der Waals surface area contributed by atoms with Crippen LogP contribution in [0.1, 0.15) is 62.5 Å². The largest absolute Gasteiger partial charge is 0.366 e. The highest BCUT2D eigenvalue weighted by atomic mass is 16.2. The van der Waals surface area contributed by atoms with Gasteiger partial charge in [-0.05, 0) is 80.9 Å². The Bertz CT molecular complexity index is 1670. The Morgan fingerprint density at radius 2 is 1.72 bits per heavy atom. The molecule has 0 radical (unpaired) electrons. The smallest absolute Gasteiger partial charge is 0.323 e. The maximum Gasteiger partial charge on any atom is 0.323 e. The molecule has 0 spiro atoms. The number of rotatable bonds is 11. The van der Waals surface area contributed by atoms with Gasteiger partial charge in [0.2, 0.25) is 5.95 Å². The van der Waals surface area contributed by atoms with E-state index in [9.17, 15) is 10.1 Å². The van der Waals surface area contributed by atoms with Crippen LogP contribution in [0.4, 0.5) is 22.4 Å². The van der Waals surface area contributed by atoms with Gasteiger partial charge in [-0.15, -0.1) is 0 Å². The third-order valence-electron chi connectivity index (χ3n) is 9.41. The molecule has 1 aromatic carbocycles.